The first-order valence-corrected chi connectivity index (χ1v) is 7.72. The van der Waals surface area contributed by atoms with E-state index in [1.165, 1.54) is 6.33 Å². The van der Waals surface area contributed by atoms with Crippen molar-refractivity contribution in [1.82, 2.24) is 9.97 Å². The molecule has 3 aromatic rings. The molecule has 0 aliphatic carbocycles. The van der Waals surface area contributed by atoms with Crippen LogP contribution in [0.3, 0.4) is 0 Å². The van der Waals surface area contributed by atoms with Gasteiger partial charge >= 0.3 is 0 Å². The maximum atomic E-state index is 10.6. The van der Waals surface area contributed by atoms with Crippen LogP contribution in [0.25, 0.3) is 11.3 Å². The lowest BCUT2D eigenvalue weighted by molar-refractivity contribution is 0.395. The molecule has 2 N–H and O–H groups in total. The lowest BCUT2D eigenvalue weighted by Crippen LogP contribution is -1.99. The predicted octanol–water partition coefficient (Wildman–Crippen LogP) is 3.92. The van der Waals surface area contributed by atoms with Gasteiger partial charge in [-0.3, -0.25) is 0 Å². The summed E-state index contributed by atoms with van der Waals surface area (Å²) in [7, 11) is 3.16. The van der Waals surface area contributed by atoms with Crippen LogP contribution in [-0.2, 0) is 0 Å². The normalized spacial score (nSPS) is 10.4. The van der Waals surface area contributed by atoms with Gasteiger partial charge in [0.2, 0.25) is 0 Å². The quantitative estimate of drug-likeness (QED) is 0.735. The largest absolute Gasteiger partial charge is 0.503 e. The molecule has 0 atom stereocenters. The third kappa shape index (κ3) is 3.47. The van der Waals surface area contributed by atoms with E-state index in [0.29, 0.717) is 28.7 Å². The fraction of sp³-hybridized carbons (Fsp3) is 0.158. The van der Waals surface area contributed by atoms with E-state index in [4.69, 9.17) is 9.47 Å². The minimum atomic E-state index is -0.0239. The Balaban J connectivity index is 1.96. The number of rotatable bonds is 5. The summed E-state index contributed by atoms with van der Waals surface area (Å²) in [6.07, 6.45) is 1.41. The fourth-order valence-electron chi connectivity index (χ4n) is 2.42. The van der Waals surface area contributed by atoms with Gasteiger partial charge in [0.1, 0.15) is 23.5 Å². The predicted molar refractivity (Wildman–Crippen MR) is 96.7 cm³/mol. The van der Waals surface area contributed by atoms with E-state index >= 15 is 0 Å². The molecular weight excluding hydrogens is 318 g/mol. The molecule has 2 aromatic carbocycles. The van der Waals surface area contributed by atoms with Crippen LogP contribution in [-0.4, -0.2) is 29.3 Å². The first kappa shape index (κ1) is 16.6. The molecule has 0 spiro atoms. The lowest BCUT2D eigenvalue weighted by Gasteiger charge is -2.14. The van der Waals surface area contributed by atoms with Gasteiger partial charge in [-0.05, 0) is 19.1 Å². The zero-order chi connectivity index (χ0) is 17.8. The summed E-state index contributed by atoms with van der Waals surface area (Å²) in [5.74, 6) is 1.53. The van der Waals surface area contributed by atoms with Crippen molar-refractivity contribution >= 4 is 11.5 Å². The second-order valence-electron chi connectivity index (χ2n) is 5.48. The van der Waals surface area contributed by atoms with Crippen LogP contribution in [0.1, 0.15) is 5.56 Å². The Kier molecular flexibility index (Phi) is 4.70. The molecule has 6 nitrogen and oxygen atoms in total. The molecule has 1 aromatic heterocycles. The van der Waals surface area contributed by atoms with Crippen molar-refractivity contribution in [2.45, 2.75) is 6.92 Å². The van der Waals surface area contributed by atoms with Gasteiger partial charge in [-0.2, -0.15) is 0 Å². The van der Waals surface area contributed by atoms with Crippen LogP contribution in [0, 0.1) is 6.92 Å². The number of aromatic hydroxyl groups is 1. The summed E-state index contributed by atoms with van der Waals surface area (Å²) >= 11 is 0. The van der Waals surface area contributed by atoms with Crippen molar-refractivity contribution in [1.29, 1.82) is 0 Å². The van der Waals surface area contributed by atoms with Crippen molar-refractivity contribution in [2.75, 3.05) is 19.5 Å². The van der Waals surface area contributed by atoms with Crippen molar-refractivity contribution in [3.05, 3.63) is 54.4 Å². The zero-order valence-corrected chi connectivity index (χ0v) is 14.3. The summed E-state index contributed by atoms with van der Waals surface area (Å²) in [6, 6.07) is 13.1. The lowest BCUT2D eigenvalue weighted by atomic mass is 10.1. The fourth-order valence-corrected chi connectivity index (χ4v) is 2.42. The highest BCUT2D eigenvalue weighted by Crippen LogP contribution is 2.36. The SMILES string of the molecule is COc1ccc(Nc2ncnc(-c3ccc(C)cc3)c2O)c(OC)c1. The van der Waals surface area contributed by atoms with E-state index in [1.54, 1.807) is 32.4 Å². The highest BCUT2D eigenvalue weighted by atomic mass is 16.5. The van der Waals surface area contributed by atoms with Gasteiger partial charge in [0.25, 0.3) is 0 Å². The number of hydrogen-bond acceptors (Lipinski definition) is 6. The molecule has 25 heavy (non-hydrogen) atoms. The highest BCUT2D eigenvalue weighted by molar-refractivity contribution is 5.76. The Morgan fingerprint density at radius 2 is 1.72 bits per heavy atom. The van der Waals surface area contributed by atoms with Gasteiger partial charge in [-0.15, -0.1) is 0 Å². The van der Waals surface area contributed by atoms with Crippen molar-refractivity contribution in [2.24, 2.45) is 0 Å². The summed E-state index contributed by atoms with van der Waals surface area (Å²) in [6.45, 7) is 2.01. The van der Waals surface area contributed by atoms with Crippen molar-refractivity contribution in [3.8, 4) is 28.5 Å². The first-order valence-electron chi connectivity index (χ1n) is 7.72. The molecule has 6 heteroatoms. The van der Waals surface area contributed by atoms with Gasteiger partial charge in [0, 0.05) is 11.6 Å². The van der Waals surface area contributed by atoms with Gasteiger partial charge in [-0.1, -0.05) is 29.8 Å². The number of aryl methyl sites for hydroxylation is 1. The molecule has 0 aliphatic heterocycles. The first-order chi connectivity index (χ1) is 12.1. The molecule has 3 rings (SSSR count). The molecule has 0 radical (unpaired) electrons. The highest BCUT2D eigenvalue weighted by Gasteiger charge is 2.14. The maximum Gasteiger partial charge on any atom is 0.185 e. The van der Waals surface area contributed by atoms with Gasteiger partial charge in [0.15, 0.2) is 11.6 Å². The van der Waals surface area contributed by atoms with Gasteiger partial charge < -0.3 is 19.9 Å². The Hall–Kier alpha value is -3.28. The number of benzene rings is 2. The smallest absolute Gasteiger partial charge is 0.185 e. The molecule has 0 unspecified atom stereocenters. The van der Waals surface area contributed by atoms with E-state index < -0.39 is 0 Å². The van der Waals surface area contributed by atoms with Crippen LogP contribution in [0.5, 0.6) is 17.2 Å². The third-order valence-electron chi connectivity index (χ3n) is 3.81. The number of aromatic nitrogens is 2. The van der Waals surface area contributed by atoms with Crippen molar-refractivity contribution < 1.29 is 14.6 Å². The molecule has 0 saturated carbocycles. The molecule has 1 heterocycles. The van der Waals surface area contributed by atoms with Gasteiger partial charge in [0.05, 0.1) is 19.9 Å². The Labute approximate surface area is 146 Å². The number of ether oxygens (including phenoxy) is 2. The van der Waals surface area contributed by atoms with E-state index in [1.807, 2.05) is 31.2 Å². The maximum absolute atomic E-state index is 10.6. The summed E-state index contributed by atoms with van der Waals surface area (Å²) in [5.41, 5.74) is 3.07. The number of nitrogens with zero attached hydrogens (tertiary/aromatic N) is 2. The Bertz CT molecular complexity index is 880. The second-order valence-corrected chi connectivity index (χ2v) is 5.48. The van der Waals surface area contributed by atoms with E-state index in [2.05, 4.69) is 15.3 Å². The average molecular weight is 337 g/mol. The number of hydrogen-bond donors (Lipinski definition) is 2. The van der Waals surface area contributed by atoms with Crippen LogP contribution >= 0.6 is 0 Å². The van der Waals surface area contributed by atoms with Gasteiger partial charge in [-0.25, -0.2) is 9.97 Å². The monoisotopic (exact) mass is 337 g/mol. The van der Waals surface area contributed by atoms with E-state index in [0.717, 1.165) is 11.1 Å². The minimum Gasteiger partial charge on any atom is -0.503 e. The van der Waals surface area contributed by atoms with E-state index in [-0.39, 0.29) is 5.75 Å². The number of nitrogens with one attached hydrogen (secondary N) is 1. The van der Waals surface area contributed by atoms with Crippen LogP contribution in [0.2, 0.25) is 0 Å². The Morgan fingerprint density at radius 1 is 0.960 bits per heavy atom. The molecule has 0 saturated heterocycles. The summed E-state index contributed by atoms with van der Waals surface area (Å²) < 4.78 is 10.5. The molecule has 128 valence electrons. The van der Waals surface area contributed by atoms with Crippen molar-refractivity contribution in [3.63, 3.8) is 0 Å². The third-order valence-corrected chi connectivity index (χ3v) is 3.81. The molecule has 0 amide bonds. The number of methoxy groups -OCH3 is 2. The van der Waals surface area contributed by atoms with Crippen LogP contribution < -0.4 is 14.8 Å². The Morgan fingerprint density at radius 3 is 2.40 bits per heavy atom. The molecule has 0 bridgehead atoms. The van der Waals surface area contributed by atoms with Crippen LogP contribution in [0.4, 0.5) is 11.5 Å². The second kappa shape index (κ2) is 7.09. The van der Waals surface area contributed by atoms with E-state index in [9.17, 15) is 5.11 Å². The topological polar surface area (TPSA) is 76.5 Å². The summed E-state index contributed by atoms with van der Waals surface area (Å²) in [5, 5.41) is 13.7. The summed E-state index contributed by atoms with van der Waals surface area (Å²) in [4.78, 5) is 8.33. The molecule has 0 aliphatic rings. The zero-order valence-electron chi connectivity index (χ0n) is 14.3. The molecular formula is C19H19N3O3. The minimum absolute atomic E-state index is 0.0239. The standard InChI is InChI=1S/C19H19N3O3/c1-12-4-6-13(7-5-12)17-18(23)19(21-11-20-17)22-15-9-8-14(24-2)10-16(15)25-3/h4-11,23H,1-3H3,(H,20,21,22). The van der Waals surface area contributed by atoms with Crippen LogP contribution in [0.15, 0.2) is 48.8 Å². The number of anilines is 2. The average Bonchev–Trinajstić information content (AvgIpc) is 2.64. The molecule has 0 fully saturated rings.